The zero-order valence-corrected chi connectivity index (χ0v) is 10.7. The first-order valence-corrected chi connectivity index (χ1v) is 5.37. The molecule has 0 aromatic heterocycles. The van der Waals surface area contributed by atoms with Crippen LogP contribution in [0.25, 0.3) is 0 Å². The topological polar surface area (TPSA) is 38.7 Å². The van der Waals surface area contributed by atoms with Crippen molar-refractivity contribution >= 4 is 11.6 Å². The van der Waals surface area contributed by atoms with E-state index in [2.05, 4.69) is 0 Å². The number of halogens is 1. The Morgan fingerprint density at radius 3 is 2.44 bits per heavy atom. The molecule has 1 aromatic rings. The Morgan fingerprint density at radius 2 is 1.94 bits per heavy atom. The van der Waals surface area contributed by atoms with Gasteiger partial charge in [0.15, 0.2) is 0 Å². The second-order valence-corrected chi connectivity index (χ2v) is 4.51. The molecule has 0 aliphatic rings. The van der Waals surface area contributed by atoms with Gasteiger partial charge < -0.3 is 14.6 Å². The Kier molecular flexibility index (Phi) is 4.19. The molecule has 0 bridgehead atoms. The molecule has 90 valence electrons. The normalized spacial score (nSPS) is 13.6. The number of benzene rings is 1. The molecule has 0 amide bonds. The van der Waals surface area contributed by atoms with E-state index in [4.69, 9.17) is 21.1 Å². The van der Waals surface area contributed by atoms with Gasteiger partial charge in [0, 0.05) is 7.11 Å². The van der Waals surface area contributed by atoms with E-state index in [9.17, 15) is 5.11 Å². The summed E-state index contributed by atoms with van der Waals surface area (Å²) in [6.07, 6.45) is -0.733. The van der Waals surface area contributed by atoms with Crippen LogP contribution in [0.15, 0.2) is 18.2 Å². The highest BCUT2D eigenvalue weighted by molar-refractivity contribution is 6.32. The van der Waals surface area contributed by atoms with Crippen molar-refractivity contribution in [2.24, 2.45) is 0 Å². The highest BCUT2D eigenvalue weighted by atomic mass is 35.5. The monoisotopic (exact) mass is 244 g/mol. The van der Waals surface area contributed by atoms with E-state index in [1.807, 2.05) is 13.8 Å². The third-order valence-corrected chi connectivity index (χ3v) is 2.99. The van der Waals surface area contributed by atoms with Gasteiger partial charge in [0.25, 0.3) is 0 Å². The number of aliphatic hydroxyl groups excluding tert-OH is 1. The molecule has 1 aromatic carbocycles. The first-order chi connectivity index (χ1) is 7.42. The molecule has 0 aliphatic carbocycles. The fourth-order valence-electron chi connectivity index (χ4n) is 1.36. The Hall–Kier alpha value is -0.770. The number of methoxy groups -OCH3 is 2. The molecule has 1 N–H and O–H groups in total. The van der Waals surface area contributed by atoms with E-state index < -0.39 is 11.7 Å². The van der Waals surface area contributed by atoms with E-state index in [0.29, 0.717) is 16.3 Å². The van der Waals surface area contributed by atoms with Crippen molar-refractivity contribution < 1.29 is 14.6 Å². The highest BCUT2D eigenvalue weighted by Crippen LogP contribution is 2.33. The Labute approximate surface area is 101 Å². The van der Waals surface area contributed by atoms with Crippen LogP contribution in [-0.4, -0.2) is 24.9 Å². The van der Waals surface area contributed by atoms with Gasteiger partial charge in [-0.2, -0.15) is 0 Å². The third-order valence-electron chi connectivity index (χ3n) is 2.68. The molecule has 0 fully saturated rings. The molecule has 0 spiro atoms. The average molecular weight is 245 g/mol. The Balaban J connectivity index is 3.05. The second-order valence-electron chi connectivity index (χ2n) is 4.10. The van der Waals surface area contributed by atoms with Crippen LogP contribution >= 0.6 is 11.6 Å². The van der Waals surface area contributed by atoms with Crippen LogP contribution in [-0.2, 0) is 4.74 Å². The van der Waals surface area contributed by atoms with Crippen LogP contribution in [0.1, 0.15) is 25.5 Å². The number of rotatable bonds is 4. The van der Waals surface area contributed by atoms with Crippen molar-refractivity contribution in [2.75, 3.05) is 14.2 Å². The van der Waals surface area contributed by atoms with Crippen LogP contribution < -0.4 is 4.74 Å². The number of hydrogen-bond acceptors (Lipinski definition) is 3. The van der Waals surface area contributed by atoms with Crippen molar-refractivity contribution in [3.63, 3.8) is 0 Å². The number of hydrogen-bond donors (Lipinski definition) is 1. The molecule has 16 heavy (non-hydrogen) atoms. The Morgan fingerprint density at radius 1 is 1.31 bits per heavy atom. The van der Waals surface area contributed by atoms with Gasteiger partial charge in [-0.15, -0.1) is 0 Å². The van der Waals surface area contributed by atoms with Crippen molar-refractivity contribution in [3.05, 3.63) is 28.8 Å². The molecular weight excluding hydrogens is 228 g/mol. The van der Waals surface area contributed by atoms with Crippen LogP contribution in [0, 0.1) is 0 Å². The van der Waals surface area contributed by atoms with Gasteiger partial charge in [-0.25, -0.2) is 0 Å². The summed E-state index contributed by atoms with van der Waals surface area (Å²) in [5, 5.41) is 10.7. The van der Waals surface area contributed by atoms with Gasteiger partial charge >= 0.3 is 0 Å². The lowest BCUT2D eigenvalue weighted by molar-refractivity contribution is -0.0793. The second kappa shape index (κ2) is 5.04. The van der Waals surface area contributed by atoms with Gasteiger partial charge in [-0.3, -0.25) is 0 Å². The summed E-state index contributed by atoms with van der Waals surface area (Å²) in [5.74, 6) is 0.546. The van der Waals surface area contributed by atoms with Gasteiger partial charge in [-0.05, 0) is 31.5 Å². The lowest BCUT2D eigenvalue weighted by atomic mass is 9.94. The summed E-state index contributed by atoms with van der Waals surface area (Å²) >= 11 is 5.91. The van der Waals surface area contributed by atoms with Crippen LogP contribution in [0.4, 0.5) is 0 Å². The van der Waals surface area contributed by atoms with Gasteiger partial charge in [0.1, 0.15) is 11.9 Å². The summed E-state index contributed by atoms with van der Waals surface area (Å²) < 4.78 is 10.3. The fraction of sp³-hybridized carbons (Fsp3) is 0.500. The molecular formula is C12H17ClO3. The highest BCUT2D eigenvalue weighted by Gasteiger charge is 2.29. The van der Waals surface area contributed by atoms with Gasteiger partial charge in [0.2, 0.25) is 0 Å². The van der Waals surface area contributed by atoms with Gasteiger partial charge in [0.05, 0.1) is 17.7 Å². The zero-order valence-electron chi connectivity index (χ0n) is 9.95. The summed E-state index contributed by atoms with van der Waals surface area (Å²) in [4.78, 5) is 0. The maximum absolute atomic E-state index is 10.1. The minimum atomic E-state index is -0.733. The molecule has 0 saturated carbocycles. The van der Waals surface area contributed by atoms with Crippen molar-refractivity contribution in [3.8, 4) is 5.75 Å². The third kappa shape index (κ3) is 2.67. The van der Waals surface area contributed by atoms with E-state index in [1.165, 1.54) is 0 Å². The van der Waals surface area contributed by atoms with E-state index in [1.54, 1.807) is 32.4 Å². The molecule has 0 radical (unpaired) electrons. The standard InChI is InChI=1S/C12H17ClO3/c1-12(2,16-4)11(14)8-5-6-9(13)10(7-8)15-3/h5-7,11,14H,1-4H3. The molecule has 3 nitrogen and oxygen atoms in total. The average Bonchev–Trinajstić information content (AvgIpc) is 2.28. The van der Waals surface area contributed by atoms with Crippen molar-refractivity contribution in [2.45, 2.75) is 25.6 Å². The molecule has 1 unspecified atom stereocenters. The van der Waals surface area contributed by atoms with Crippen LogP contribution in [0.5, 0.6) is 5.75 Å². The van der Waals surface area contributed by atoms with E-state index in [0.717, 1.165) is 0 Å². The first-order valence-electron chi connectivity index (χ1n) is 4.99. The summed E-state index contributed by atoms with van der Waals surface area (Å²) in [6.45, 7) is 3.64. The van der Waals surface area contributed by atoms with Crippen molar-refractivity contribution in [1.29, 1.82) is 0 Å². The largest absolute Gasteiger partial charge is 0.495 e. The Bertz CT molecular complexity index is 363. The summed E-state index contributed by atoms with van der Waals surface area (Å²) in [6, 6.07) is 5.18. The molecule has 0 saturated heterocycles. The SMILES string of the molecule is COc1cc(C(O)C(C)(C)OC)ccc1Cl. The molecule has 1 atom stereocenters. The molecule has 0 heterocycles. The number of ether oxygens (including phenoxy) is 2. The van der Waals surface area contributed by atoms with E-state index >= 15 is 0 Å². The zero-order chi connectivity index (χ0) is 12.3. The summed E-state index contributed by atoms with van der Waals surface area (Å²) in [7, 11) is 3.11. The van der Waals surface area contributed by atoms with E-state index in [-0.39, 0.29) is 0 Å². The first kappa shape index (κ1) is 13.3. The van der Waals surface area contributed by atoms with Crippen molar-refractivity contribution in [1.82, 2.24) is 0 Å². The number of aliphatic hydroxyl groups is 1. The maximum atomic E-state index is 10.1. The van der Waals surface area contributed by atoms with Gasteiger partial charge in [-0.1, -0.05) is 17.7 Å². The molecule has 1 rings (SSSR count). The maximum Gasteiger partial charge on any atom is 0.137 e. The smallest absolute Gasteiger partial charge is 0.137 e. The lowest BCUT2D eigenvalue weighted by Gasteiger charge is -2.29. The minimum Gasteiger partial charge on any atom is -0.495 e. The minimum absolute atomic E-state index is 0.522. The predicted octanol–water partition coefficient (Wildman–Crippen LogP) is 2.81. The molecule has 0 aliphatic heterocycles. The predicted molar refractivity (Wildman–Crippen MR) is 64.1 cm³/mol. The quantitative estimate of drug-likeness (QED) is 0.885. The fourth-order valence-corrected chi connectivity index (χ4v) is 1.55. The summed E-state index contributed by atoms with van der Waals surface area (Å²) in [5.41, 5.74) is 0.0619. The van der Waals surface area contributed by atoms with Crippen LogP contribution in [0.2, 0.25) is 5.02 Å². The lowest BCUT2D eigenvalue weighted by Crippen LogP contribution is -2.31. The van der Waals surface area contributed by atoms with Crippen LogP contribution in [0.3, 0.4) is 0 Å². The molecule has 4 heteroatoms.